The molecule has 2 aromatic rings. The Bertz CT molecular complexity index is 511. The van der Waals surface area contributed by atoms with E-state index in [0.717, 1.165) is 4.47 Å². The Morgan fingerprint density at radius 1 is 1.12 bits per heavy atom. The Morgan fingerprint density at radius 3 is 2.53 bits per heavy atom. The highest BCUT2D eigenvalue weighted by Crippen LogP contribution is 2.20. The first-order valence-electron chi connectivity index (χ1n) is 5.01. The van der Waals surface area contributed by atoms with Gasteiger partial charge in [0.05, 0.1) is 0 Å². The van der Waals surface area contributed by atoms with Gasteiger partial charge in [-0.15, -0.1) is 0 Å². The second-order valence-corrected chi connectivity index (χ2v) is 4.43. The van der Waals surface area contributed by atoms with E-state index in [1.54, 1.807) is 24.3 Å². The summed E-state index contributed by atoms with van der Waals surface area (Å²) in [6.45, 7) is 0.149. The van der Waals surface area contributed by atoms with Crippen molar-refractivity contribution >= 4 is 15.9 Å². The lowest BCUT2D eigenvalue weighted by Gasteiger charge is -2.07. The van der Waals surface area contributed by atoms with E-state index in [4.69, 9.17) is 9.84 Å². The van der Waals surface area contributed by atoms with Crippen LogP contribution < -0.4 is 4.74 Å². The van der Waals surface area contributed by atoms with Crippen molar-refractivity contribution in [3.05, 3.63) is 58.3 Å². The van der Waals surface area contributed by atoms with E-state index in [1.807, 2.05) is 0 Å². The van der Waals surface area contributed by atoms with Crippen LogP contribution in [0.4, 0.5) is 4.39 Å². The third-order valence-electron chi connectivity index (χ3n) is 2.24. The number of benzene rings is 2. The molecule has 0 bridgehead atoms. The molecule has 0 aliphatic heterocycles. The first-order valence-corrected chi connectivity index (χ1v) is 5.80. The largest absolute Gasteiger partial charge is 0.508 e. The van der Waals surface area contributed by atoms with Gasteiger partial charge in [-0.3, -0.25) is 0 Å². The molecule has 0 saturated carbocycles. The molecule has 0 aromatic heterocycles. The van der Waals surface area contributed by atoms with Crippen LogP contribution in [0.15, 0.2) is 46.9 Å². The molecule has 2 nitrogen and oxygen atoms in total. The fraction of sp³-hybridized carbons (Fsp3) is 0.0769. The third-order valence-corrected chi connectivity index (χ3v) is 2.73. The van der Waals surface area contributed by atoms with Crippen molar-refractivity contribution in [3.8, 4) is 11.5 Å². The molecule has 0 unspecified atom stereocenters. The van der Waals surface area contributed by atoms with Gasteiger partial charge in [0.25, 0.3) is 0 Å². The van der Waals surface area contributed by atoms with E-state index < -0.39 is 0 Å². The number of hydrogen-bond acceptors (Lipinski definition) is 2. The Kier molecular flexibility index (Phi) is 3.64. The van der Waals surface area contributed by atoms with Crippen molar-refractivity contribution in [3.63, 3.8) is 0 Å². The fourth-order valence-corrected chi connectivity index (χ4v) is 1.77. The van der Waals surface area contributed by atoms with E-state index in [2.05, 4.69) is 15.9 Å². The van der Waals surface area contributed by atoms with Gasteiger partial charge in [0.1, 0.15) is 23.9 Å². The number of phenols is 1. The van der Waals surface area contributed by atoms with Gasteiger partial charge >= 0.3 is 0 Å². The van der Waals surface area contributed by atoms with E-state index in [9.17, 15) is 4.39 Å². The lowest BCUT2D eigenvalue weighted by molar-refractivity contribution is 0.299. The highest BCUT2D eigenvalue weighted by atomic mass is 79.9. The monoisotopic (exact) mass is 296 g/mol. The molecule has 1 N–H and O–H groups in total. The molecule has 0 radical (unpaired) electrons. The Hall–Kier alpha value is -1.55. The van der Waals surface area contributed by atoms with Gasteiger partial charge in [-0.25, -0.2) is 4.39 Å². The standard InChI is InChI=1S/C13H10BrFO2/c14-10-1-6-13(15)9(7-10)8-17-12-4-2-11(16)3-5-12/h1-7,16H,8H2. The molecule has 0 amide bonds. The molecule has 17 heavy (non-hydrogen) atoms. The van der Waals surface area contributed by atoms with Crippen LogP contribution in [0.2, 0.25) is 0 Å². The molecule has 0 spiro atoms. The molecule has 0 aliphatic rings. The van der Waals surface area contributed by atoms with Crippen molar-refractivity contribution in [2.45, 2.75) is 6.61 Å². The minimum absolute atomic E-state index is 0.149. The van der Waals surface area contributed by atoms with E-state index in [-0.39, 0.29) is 18.2 Å². The van der Waals surface area contributed by atoms with Crippen LogP contribution in [0.3, 0.4) is 0 Å². The zero-order valence-electron chi connectivity index (χ0n) is 8.86. The zero-order chi connectivity index (χ0) is 12.3. The molecule has 0 saturated heterocycles. The van der Waals surface area contributed by atoms with Crippen molar-refractivity contribution in [2.75, 3.05) is 0 Å². The van der Waals surface area contributed by atoms with E-state index >= 15 is 0 Å². The molecule has 4 heteroatoms. The second-order valence-electron chi connectivity index (χ2n) is 3.52. The van der Waals surface area contributed by atoms with Crippen molar-refractivity contribution in [2.24, 2.45) is 0 Å². The fourth-order valence-electron chi connectivity index (χ4n) is 1.36. The zero-order valence-corrected chi connectivity index (χ0v) is 10.4. The van der Waals surface area contributed by atoms with Crippen LogP contribution in [-0.4, -0.2) is 5.11 Å². The van der Waals surface area contributed by atoms with Crippen LogP contribution in [0.5, 0.6) is 11.5 Å². The summed E-state index contributed by atoms with van der Waals surface area (Å²) < 4.78 is 19.6. The molecule has 88 valence electrons. The summed E-state index contributed by atoms with van der Waals surface area (Å²) in [6, 6.07) is 11.0. The number of ether oxygens (including phenoxy) is 1. The Balaban J connectivity index is 2.07. The second kappa shape index (κ2) is 5.19. The summed E-state index contributed by atoms with van der Waals surface area (Å²) in [5.74, 6) is 0.458. The summed E-state index contributed by atoms with van der Waals surface area (Å²) >= 11 is 3.28. The van der Waals surface area contributed by atoms with Crippen molar-refractivity contribution in [1.29, 1.82) is 0 Å². The predicted molar refractivity (Wildman–Crippen MR) is 66.5 cm³/mol. The highest BCUT2D eigenvalue weighted by Gasteiger charge is 2.03. The number of halogens is 2. The lowest BCUT2D eigenvalue weighted by Crippen LogP contribution is -1.98. The first-order chi connectivity index (χ1) is 8.15. The minimum atomic E-state index is -0.299. The molecule has 0 heterocycles. The van der Waals surface area contributed by atoms with E-state index in [0.29, 0.717) is 11.3 Å². The molecule has 2 aromatic carbocycles. The average Bonchev–Trinajstić information content (AvgIpc) is 2.32. The predicted octanol–water partition coefficient (Wildman–Crippen LogP) is 3.87. The molecule has 0 fully saturated rings. The number of aromatic hydroxyl groups is 1. The maximum Gasteiger partial charge on any atom is 0.129 e. The van der Waals surface area contributed by atoms with Gasteiger partial charge in [-0.1, -0.05) is 15.9 Å². The van der Waals surface area contributed by atoms with E-state index in [1.165, 1.54) is 18.2 Å². The van der Waals surface area contributed by atoms with Gasteiger partial charge in [-0.2, -0.15) is 0 Å². The quantitative estimate of drug-likeness (QED) is 0.931. The molecular weight excluding hydrogens is 287 g/mol. The summed E-state index contributed by atoms with van der Waals surface area (Å²) in [7, 11) is 0. The molecule has 0 atom stereocenters. The maximum atomic E-state index is 13.4. The van der Waals surface area contributed by atoms with Crippen molar-refractivity contribution < 1.29 is 14.2 Å². The van der Waals surface area contributed by atoms with Gasteiger partial charge in [0.2, 0.25) is 0 Å². The lowest BCUT2D eigenvalue weighted by atomic mass is 10.2. The summed E-state index contributed by atoms with van der Waals surface area (Å²) in [5.41, 5.74) is 0.479. The number of rotatable bonds is 3. The van der Waals surface area contributed by atoms with Crippen LogP contribution in [0.25, 0.3) is 0 Å². The topological polar surface area (TPSA) is 29.5 Å². The summed E-state index contributed by atoms with van der Waals surface area (Å²) in [4.78, 5) is 0. The SMILES string of the molecule is Oc1ccc(OCc2cc(Br)ccc2F)cc1. The smallest absolute Gasteiger partial charge is 0.129 e. The number of phenolic OH excluding ortho intramolecular Hbond substituents is 1. The van der Waals surface area contributed by atoms with Crippen molar-refractivity contribution in [1.82, 2.24) is 0 Å². The van der Waals surface area contributed by atoms with Gasteiger partial charge < -0.3 is 9.84 Å². The Morgan fingerprint density at radius 2 is 1.82 bits per heavy atom. The minimum Gasteiger partial charge on any atom is -0.508 e. The summed E-state index contributed by atoms with van der Waals surface area (Å²) in [6.07, 6.45) is 0. The first kappa shape index (κ1) is 11.9. The molecule has 2 rings (SSSR count). The van der Waals surface area contributed by atoms with Crippen LogP contribution in [-0.2, 0) is 6.61 Å². The van der Waals surface area contributed by atoms with Crippen LogP contribution in [0.1, 0.15) is 5.56 Å². The molecule has 0 aliphatic carbocycles. The molecular formula is C13H10BrFO2. The Labute approximate surface area is 107 Å². The summed E-state index contributed by atoms with van der Waals surface area (Å²) in [5, 5.41) is 9.10. The number of hydrogen-bond donors (Lipinski definition) is 1. The van der Waals surface area contributed by atoms with Gasteiger partial charge in [-0.05, 0) is 42.5 Å². The highest BCUT2D eigenvalue weighted by molar-refractivity contribution is 9.10. The van der Waals surface area contributed by atoms with Crippen LogP contribution >= 0.6 is 15.9 Å². The van der Waals surface area contributed by atoms with Gasteiger partial charge in [0.15, 0.2) is 0 Å². The maximum absolute atomic E-state index is 13.4. The average molecular weight is 297 g/mol. The third kappa shape index (κ3) is 3.20. The van der Waals surface area contributed by atoms with Gasteiger partial charge in [0, 0.05) is 10.0 Å². The van der Waals surface area contributed by atoms with Crippen LogP contribution in [0, 0.1) is 5.82 Å². The normalized spacial score (nSPS) is 10.2.